The van der Waals surface area contributed by atoms with E-state index >= 15 is 0 Å². The molecule has 0 bridgehead atoms. The summed E-state index contributed by atoms with van der Waals surface area (Å²) in [6, 6.07) is 6.51. The molecule has 4 heteroatoms. The van der Waals surface area contributed by atoms with Crippen molar-refractivity contribution in [1.29, 1.82) is 0 Å². The summed E-state index contributed by atoms with van der Waals surface area (Å²) in [4.78, 5) is 0. The summed E-state index contributed by atoms with van der Waals surface area (Å²) in [5.41, 5.74) is 2.50. The lowest BCUT2D eigenvalue weighted by Crippen LogP contribution is -2.05. The molecule has 16 heavy (non-hydrogen) atoms. The van der Waals surface area contributed by atoms with Gasteiger partial charge in [-0.2, -0.15) is 5.10 Å². The van der Waals surface area contributed by atoms with Crippen LogP contribution >= 0.6 is 11.6 Å². The summed E-state index contributed by atoms with van der Waals surface area (Å²) in [7, 11) is 0. The van der Waals surface area contributed by atoms with E-state index < -0.39 is 0 Å². The van der Waals surface area contributed by atoms with Gasteiger partial charge in [-0.25, -0.2) is 4.39 Å². The van der Waals surface area contributed by atoms with Crippen molar-refractivity contribution >= 4 is 11.6 Å². The van der Waals surface area contributed by atoms with Crippen LogP contribution in [0.3, 0.4) is 0 Å². The maximum Gasteiger partial charge on any atom is 0.128 e. The summed E-state index contributed by atoms with van der Waals surface area (Å²) in [6.45, 7) is 4.27. The number of aryl methyl sites for hydroxylation is 2. The van der Waals surface area contributed by atoms with Crippen molar-refractivity contribution in [3.05, 3.63) is 52.1 Å². The van der Waals surface area contributed by atoms with E-state index in [1.165, 1.54) is 6.07 Å². The third-order valence-corrected chi connectivity index (χ3v) is 2.67. The van der Waals surface area contributed by atoms with Gasteiger partial charge in [-0.1, -0.05) is 11.6 Å². The Bertz CT molecular complexity index is 520. The molecule has 0 spiro atoms. The van der Waals surface area contributed by atoms with Crippen LogP contribution in [0, 0.1) is 19.7 Å². The zero-order valence-electron chi connectivity index (χ0n) is 9.17. The van der Waals surface area contributed by atoms with E-state index in [4.69, 9.17) is 11.6 Å². The Hall–Kier alpha value is -1.35. The number of nitrogens with zero attached hydrogens (tertiary/aromatic N) is 2. The van der Waals surface area contributed by atoms with Crippen LogP contribution in [0.4, 0.5) is 4.39 Å². The van der Waals surface area contributed by atoms with Gasteiger partial charge in [0, 0.05) is 16.3 Å². The second kappa shape index (κ2) is 4.26. The molecule has 1 heterocycles. The summed E-state index contributed by atoms with van der Waals surface area (Å²) in [6.07, 6.45) is 0. The van der Waals surface area contributed by atoms with Gasteiger partial charge in [0.2, 0.25) is 0 Å². The molecule has 1 aromatic heterocycles. The van der Waals surface area contributed by atoms with Crippen LogP contribution in [-0.2, 0) is 6.54 Å². The highest BCUT2D eigenvalue weighted by molar-refractivity contribution is 6.30. The first-order valence-electron chi connectivity index (χ1n) is 5.01. The normalized spacial score (nSPS) is 10.8. The van der Waals surface area contributed by atoms with Crippen LogP contribution in [0.15, 0.2) is 24.3 Å². The van der Waals surface area contributed by atoms with Crippen LogP contribution in [0.2, 0.25) is 5.02 Å². The lowest BCUT2D eigenvalue weighted by atomic mass is 10.2. The first-order valence-corrected chi connectivity index (χ1v) is 5.39. The molecule has 0 aliphatic rings. The highest BCUT2D eigenvalue weighted by atomic mass is 35.5. The first-order chi connectivity index (χ1) is 7.56. The van der Waals surface area contributed by atoms with Crippen molar-refractivity contribution in [2.24, 2.45) is 0 Å². The molecule has 0 N–H and O–H groups in total. The second-order valence-corrected chi connectivity index (χ2v) is 4.26. The van der Waals surface area contributed by atoms with Crippen LogP contribution in [0.5, 0.6) is 0 Å². The fourth-order valence-corrected chi connectivity index (χ4v) is 1.86. The third-order valence-electron chi connectivity index (χ3n) is 2.43. The minimum Gasteiger partial charge on any atom is -0.265 e. The molecule has 2 nitrogen and oxygen atoms in total. The fourth-order valence-electron chi connectivity index (χ4n) is 1.66. The van der Waals surface area contributed by atoms with Crippen molar-refractivity contribution in [3.8, 4) is 0 Å². The number of rotatable bonds is 2. The average molecular weight is 239 g/mol. The fraction of sp³-hybridized carbons (Fsp3) is 0.250. The molecule has 0 amide bonds. The number of halogens is 2. The van der Waals surface area contributed by atoms with E-state index in [0.29, 0.717) is 17.1 Å². The quantitative estimate of drug-likeness (QED) is 0.785. The molecule has 0 aliphatic heterocycles. The average Bonchev–Trinajstić information content (AvgIpc) is 2.51. The van der Waals surface area contributed by atoms with Crippen molar-refractivity contribution in [1.82, 2.24) is 9.78 Å². The highest BCUT2D eigenvalue weighted by Gasteiger charge is 2.06. The van der Waals surface area contributed by atoms with Crippen molar-refractivity contribution in [3.63, 3.8) is 0 Å². The van der Waals surface area contributed by atoms with E-state index in [1.54, 1.807) is 16.8 Å². The number of aromatic nitrogens is 2. The Kier molecular flexibility index (Phi) is 2.97. The predicted molar refractivity (Wildman–Crippen MR) is 62.2 cm³/mol. The van der Waals surface area contributed by atoms with Gasteiger partial charge in [0.25, 0.3) is 0 Å². The van der Waals surface area contributed by atoms with Gasteiger partial charge in [0.15, 0.2) is 0 Å². The summed E-state index contributed by atoms with van der Waals surface area (Å²) < 4.78 is 15.3. The second-order valence-electron chi connectivity index (χ2n) is 3.82. The standard InChI is InChI=1S/C12H12ClFN2/c1-8-5-9(2)16(15-8)7-10-6-11(13)3-4-12(10)14/h3-6H,7H2,1-2H3. The minimum atomic E-state index is -0.253. The zero-order chi connectivity index (χ0) is 11.7. The van der Waals surface area contributed by atoms with E-state index in [0.717, 1.165) is 11.4 Å². The summed E-state index contributed by atoms with van der Waals surface area (Å²) >= 11 is 5.83. The van der Waals surface area contributed by atoms with Crippen molar-refractivity contribution in [2.45, 2.75) is 20.4 Å². The first kappa shape index (κ1) is 11.1. The van der Waals surface area contributed by atoms with E-state index in [-0.39, 0.29) is 5.82 Å². The number of hydrogen-bond acceptors (Lipinski definition) is 1. The van der Waals surface area contributed by atoms with E-state index in [9.17, 15) is 4.39 Å². The molecule has 0 radical (unpaired) electrons. The van der Waals surface area contributed by atoms with Crippen LogP contribution < -0.4 is 0 Å². The molecule has 0 saturated carbocycles. The molecule has 0 unspecified atom stereocenters. The van der Waals surface area contributed by atoms with Gasteiger partial charge in [-0.3, -0.25) is 4.68 Å². The molecule has 0 saturated heterocycles. The number of hydrogen-bond donors (Lipinski definition) is 0. The SMILES string of the molecule is Cc1cc(C)n(Cc2cc(Cl)ccc2F)n1. The largest absolute Gasteiger partial charge is 0.265 e. The number of benzene rings is 1. The maximum atomic E-state index is 13.5. The topological polar surface area (TPSA) is 17.8 Å². The van der Waals surface area contributed by atoms with Crippen molar-refractivity contribution in [2.75, 3.05) is 0 Å². The Morgan fingerprint density at radius 3 is 2.69 bits per heavy atom. The molecule has 1 aromatic carbocycles. The molecule has 0 fully saturated rings. The van der Waals surface area contributed by atoms with Crippen LogP contribution in [0.25, 0.3) is 0 Å². The summed E-state index contributed by atoms with van der Waals surface area (Å²) in [5, 5.41) is 4.82. The van der Waals surface area contributed by atoms with Gasteiger partial charge in [0.05, 0.1) is 12.2 Å². The van der Waals surface area contributed by atoms with Gasteiger partial charge >= 0.3 is 0 Å². The third kappa shape index (κ3) is 2.25. The Morgan fingerprint density at radius 2 is 2.06 bits per heavy atom. The van der Waals surface area contributed by atoms with Crippen LogP contribution in [-0.4, -0.2) is 9.78 Å². The Labute approximate surface area is 98.7 Å². The smallest absolute Gasteiger partial charge is 0.128 e. The molecule has 84 valence electrons. The van der Waals surface area contributed by atoms with Gasteiger partial charge in [-0.15, -0.1) is 0 Å². The minimum absolute atomic E-state index is 0.253. The van der Waals surface area contributed by atoms with Gasteiger partial charge in [-0.05, 0) is 38.1 Å². The van der Waals surface area contributed by atoms with Crippen LogP contribution in [0.1, 0.15) is 17.0 Å². The molecule has 2 aromatic rings. The molecular formula is C12H12ClFN2. The predicted octanol–water partition coefficient (Wildman–Crippen LogP) is 3.34. The van der Waals surface area contributed by atoms with Crippen molar-refractivity contribution < 1.29 is 4.39 Å². The molecule has 0 aliphatic carbocycles. The monoisotopic (exact) mass is 238 g/mol. The van der Waals surface area contributed by atoms with Gasteiger partial charge in [0.1, 0.15) is 5.82 Å². The molecule has 2 rings (SSSR count). The lowest BCUT2D eigenvalue weighted by molar-refractivity contribution is 0.579. The molecular weight excluding hydrogens is 227 g/mol. The molecule has 0 atom stereocenters. The Balaban J connectivity index is 2.33. The van der Waals surface area contributed by atoms with Gasteiger partial charge < -0.3 is 0 Å². The van der Waals surface area contributed by atoms with E-state index in [2.05, 4.69) is 5.10 Å². The lowest BCUT2D eigenvalue weighted by Gasteiger charge is -2.06. The van der Waals surface area contributed by atoms with E-state index in [1.807, 2.05) is 19.9 Å². The maximum absolute atomic E-state index is 13.5. The Morgan fingerprint density at radius 1 is 1.31 bits per heavy atom. The summed E-state index contributed by atoms with van der Waals surface area (Å²) in [5.74, 6) is -0.253. The highest BCUT2D eigenvalue weighted by Crippen LogP contribution is 2.16. The zero-order valence-corrected chi connectivity index (χ0v) is 9.92.